The van der Waals surface area contributed by atoms with Gasteiger partial charge in [-0.2, -0.15) is 0 Å². The molecule has 0 saturated heterocycles. The van der Waals surface area contributed by atoms with E-state index in [1.165, 1.54) is 18.0 Å². The van der Waals surface area contributed by atoms with Crippen molar-refractivity contribution in [3.05, 3.63) is 24.2 Å². The molecule has 31 heavy (non-hydrogen) atoms. The minimum atomic E-state index is -1.06. The lowest BCUT2D eigenvalue weighted by molar-refractivity contribution is 0.0252. The van der Waals surface area contributed by atoms with Gasteiger partial charge in [0.15, 0.2) is 5.65 Å². The number of aromatic nitrogens is 5. The molecule has 0 aromatic carbocycles. The molecule has 1 fully saturated rings. The third-order valence-electron chi connectivity index (χ3n) is 5.46. The summed E-state index contributed by atoms with van der Waals surface area (Å²) in [7, 11) is 3.24. The van der Waals surface area contributed by atoms with E-state index in [4.69, 9.17) is 9.47 Å². The molecule has 3 N–H and O–H groups in total. The number of alkyl halides is 1. The summed E-state index contributed by atoms with van der Waals surface area (Å²) in [5.74, 6) is 0.724. The fourth-order valence-corrected chi connectivity index (χ4v) is 3.96. The summed E-state index contributed by atoms with van der Waals surface area (Å²) in [4.78, 5) is 21.9. The predicted octanol–water partition coefficient (Wildman–Crippen LogP) is 1.97. The van der Waals surface area contributed by atoms with Crippen LogP contribution in [0.15, 0.2) is 18.5 Å². The Morgan fingerprint density at radius 3 is 3.00 bits per heavy atom. The molecule has 3 aromatic heterocycles. The highest BCUT2D eigenvalue weighted by Gasteiger charge is 2.37. The van der Waals surface area contributed by atoms with Crippen LogP contribution < -0.4 is 20.7 Å². The lowest BCUT2D eigenvalue weighted by Gasteiger charge is -2.21. The summed E-state index contributed by atoms with van der Waals surface area (Å²) in [6, 6.07) is 2.57. The van der Waals surface area contributed by atoms with Crippen molar-refractivity contribution in [2.24, 2.45) is 0 Å². The number of anilines is 3. The van der Waals surface area contributed by atoms with Gasteiger partial charge in [0.2, 0.25) is 0 Å². The Hall–Kier alpha value is -3.54. The number of pyridine rings is 1. The van der Waals surface area contributed by atoms with Crippen LogP contribution in [0.4, 0.5) is 26.4 Å². The van der Waals surface area contributed by atoms with Gasteiger partial charge in [0.05, 0.1) is 37.2 Å². The van der Waals surface area contributed by atoms with E-state index in [2.05, 4.69) is 36.1 Å². The molecule has 0 radical (unpaired) electrons. The zero-order chi connectivity index (χ0) is 21.5. The Bertz CT molecular complexity index is 1150. The molecule has 1 aliphatic heterocycles. The molecule has 162 valence electrons. The zero-order valence-corrected chi connectivity index (χ0v) is 16.9. The number of rotatable bonds is 2. The van der Waals surface area contributed by atoms with Crippen LogP contribution in [0.1, 0.15) is 18.5 Å². The first-order chi connectivity index (χ1) is 15.1. The standard InChI is InChI=1S/C19H21FN8O3/c1-21-12-6-15-23-13-5-10(26-27-18(13)30-2)7-31-14-4-9(20)3-11(14)24-19(29)28-8-22-16(12)17(28)25-15/h5-6,8-9,11,14H,3-4,7H2,1-2H3,(H,24,29)(H2,21,23,25). The second-order valence-corrected chi connectivity index (χ2v) is 7.45. The van der Waals surface area contributed by atoms with E-state index in [1.54, 1.807) is 19.2 Å². The Balaban J connectivity index is 1.66. The molecular weight excluding hydrogens is 407 g/mol. The number of carbonyl (C=O) groups is 1. The van der Waals surface area contributed by atoms with Crippen LogP contribution >= 0.6 is 0 Å². The van der Waals surface area contributed by atoms with Gasteiger partial charge in [-0.25, -0.2) is 23.7 Å². The number of imidazole rings is 1. The summed E-state index contributed by atoms with van der Waals surface area (Å²) in [5.41, 5.74) is 2.62. The van der Waals surface area contributed by atoms with Gasteiger partial charge in [-0.05, 0) is 6.07 Å². The van der Waals surface area contributed by atoms with Crippen molar-refractivity contribution in [2.45, 2.75) is 37.8 Å². The van der Waals surface area contributed by atoms with Crippen LogP contribution in [0.2, 0.25) is 0 Å². The highest BCUT2D eigenvalue weighted by molar-refractivity contribution is 5.94. The second-order valence-electron chi connectivity index (χ2n) is 7.45. The first-order valence-electron chi connectivity index (χ1n) is 9.85. The van der Waals surface area contributed by atoms with Gasteiger partial charge >= 0.3 is 6.03 Å². The largest absolute Gasteiger partial charge is 0.478 e. The minimum Gasteiger partial charge on any atom is -0.478 e. The van der Waals surface area contributed by atoms with Crippen LogP contribution in [-0.4, -0.2) is 63.2 Å². The first kappa shape index (κ1) is 19.4. The number of methoxy groups -OCH3 is 1. The molecule has 11 nitrogen and oxygen atoms in total. The van der Waals surface area contributed by atoms with Crippen molar-refractivity contribution in [1.82, 2.24) is 30.0 Å². The Morgan fingerprint density at radius 2 is 2.19 bits per heavy atom. The number of ether oxygens (including phenoxy) is 2. The molecule has 5 rings (SSSR count). The van der Waals surface area contributed by atoms with Gasteiger partial charge in [-0.3, -0.25) is 0 Å². The summed E-state index contributed by atoms with van der Waals surface area (Å²) in [5, 5.41) is 17.3. The van der Waals surface area contributed by atoms with Crippen molar-refractivity contribution < 1.29 is 18.7 Å². The maximum absolute atomic E-state index is 14.1. The van der Waals surface area contributed by atoms with Gasteiger partial charge in [-0.1, -0.05) is 0 Å². The summed E-state index contributed by atoms with van der Waals surface area (Å²) < 4.78 is 26.7. The Labute approximate surface area is 176 Å². The van der Waals surface area contributed by atoms with Crippen LogP contribution in [-0.2, 0) is 11.3 Å². The van der Waals surface area contributed by atoms with Gasteiger partial charge < -0.3 is 25.4 Å². The van der Waals surface area contributed by atoms with Gasteiger partial charge in [-0.15, -0.1) is 10.2 Å². The van der Waals surface area contributed by atoms with Crippen molar-refractivity contribution >= 4 is 34.4 Å². The Morgan fingerprint density at radius 1 is 1.32 bits per heavy atom. The Kier molecular flexibility index (Phi) is 4.77. The van der Waals surface area contributed by atoms with E-state index >= 15 is 0 Å². The maximum Gasteiger partial charge on any atom is 0.328 e. The van der Waals surface area contributed by atoms with E-state index in [0.717, 1.165) is 0 Å². The normalized spacial score (nSPS) is 23.1. The first-order valence-corrected chi connectivity index (χ1v) is 9.85. The molecule has 4 bridgehead atoms. The predicted molar refractivity (Wildman–Crippen MR) is 109 cm³/mol. The zero-order valence-electron chi connectivity index (χ0n) is 16.9. The van der Waals surface area contributed by atoms with Gasteiger partial charge in [0, 0.05) is 26.0 Å². The quantitative estimate of drug-likeness (QED) is 0.561. The molecule has 0 spiro atoms. The van der Waals surface area contributed by atoms with Crippen molar-refractivity contribution in [2.75, 3.05) is 24.8 Å². The molecule has 1 saturated carbocycles. The smallest absolute Gasteiger partial charge is 0.328 e. The van der Waals surface area contributed by atoms with Crippen LogP contribution in [0.3, 0.4) is 0 Å². The second kappa shape index (κ2) is 7.61. The summed E-state index contributed by atoms with van der Waals surface area (Å²) in [6.45, 7) is 0.111. The fourth-order valence-electron chi connectivity index (χ4n) is 3.96. The van der Waals surface area contributed by atoms with Crippen molar-refractivity contribution in [3.63, 3.8) is 0 Å². The van der Waals surface area contributed by atoms with E-state index in [0.29, 0.717) is 34.1 Å². The van der Waals surface area contributed by atoms with Crippen LogP contribution in [0.5, 0.6) is 5.88 Å². The van der Waals surface area contributed by atoms with Crippen LogP contribution in [0.25, 0.3) is 11.2 Å². The fraction of sp³-hybridized carbons (Fsp3) is 0.421. The number of nitrogens with one attached hydrogen (secondary N) is 3. The molecule has 3 aromatic rings. The van der Waals surface area contributed by atoms with Crippen molar-refractivity contribution in [3.8, 4) is 5.88 Å². The number of nitrogens with zero attached hydrogens (tertiary/aromatic N) is 5. The number of hydrogen-bond acceptors (Lipinski definition) is 9. The molecule has 3 unspecified atom stereocenters. The average molecular weight is 428 g/mol. The topological polar surface area (TPSA) is 128 Å². The molecule has 1 aliphatic carbocycles. The number of hydrogen-bond donors (Lipinski definition) is 3. The molecule has 4 heterocycles. The lowest BCUT2D eigenvalue weighted by Crippen LogP contribution is -2.43. The number of halogens is 1. The van der Waals surface area contributed by atoms with E-state index < -0.39 is 24.3 Å². The van der Waals surface area contributed by atoms with Crippen molar-refractivity contribution in [1.29, 1.82) is 0 Å². The molecule has 3 atom stereocenters. The van der Waals surface area contributed by atoms with E-state index in [9.17, 15) is 9.18 Å². The average Bonchev–Trinajstić information content (AvgIpc) is 3.34. The molecule has 2 aliphatic rings. The maximum atomic E-state index is 14.1. The third kappa shape index (κ3) is 3.48. The highest BCUT2D eigenvalue weighted by Crippen LogP contribution is 2.31. The van der Waals surface area contributed by atoms with E-state index in [-0.39, 0.29) is 25.3 Å². The van der Waals surface area contributed by atoms with E-state index in [1.807, 2.05) is 0 Å². The van der Waals surface area contributed by atoms with Gasteiger partial charge in [0.25, 0.3) is 5.88 Å². The lowest BCUT2D eigenvalue weighted by atomic mass is 10.2. The molecule has 12 heteroatoms. The minimum absolute atomic E-state index is 0.111. The third-order valence-corrected chi connectivity index (χ3v) is 5.46. The molecule has 1 amide bonds. The molecular formula is C19H21FN8O3. The monoisotopic (exact) mass is 428 g/mol. The highest BCUT2D eigenvalue weighted by atomic mass is 19.1. The van der Waals surface area contributed by atoms with Gasteiger partial charge in [0.1, 0.15) is 29.5 Å². The number of carbonyl (C=O) groups excluding carboxylic acids is 1. The SMILES string of the molecule is CNc1cc2nc3c1ncn3C(=O)NC1CC(F)CC1OCc1cc(c(OC)nn1)N2. The summed E-state index contributed by atoms with van der Waals surface area (Å²) in [6.07, 6.45) is 0.202. The van der Waals surface area contributed by atoms with Crippen LogP contribution in [0, 0.1) is 0 Å². The number of amides is 1. The number of fused-ring (bicyclic) bond motifs is 4. The summed E-state index contributed by atoms with van der Waals surface area (Å²) >= 11 is 0.